The van der Waals surface area contributed by atoms with Gasteiger partial charge in [0.25, 0.3) is 0 Å². The van der Waals surface area contributed by atoms with Gasteiger partial charge in [-0.2, -0.15) is 0 Å². The molecule has 3 aliphatic heterocycles. The predicted octanol–water partition coefficient (Wildman–Crippen LogP) is -0.347. The molecule has 2 aromatic carbocycles. The predicted molar refractivity (Wildman–Crippen MR) is 248 cm³/mol. The summed E-state index contributed by atoms with van der Waals surface area (Å²) in [5.41, 5.74) is 7.12. The molecular formula is C44H66N6O12Se3. The number of ether oxygens (including phenoxy) is 2. The fourth-order valence-electron chi connectivity index (χ4n) is 7.62. The summed E-state index contributed by atoms with van der Waals surface area (Å²) in [7, 11) is 0. The van der Waals surface area contributed by atoms with Crippen molar-refractivity contribution in [3.63, 3.8) is 0 Å². The number of anilines is 1. The molecular weight excluding hydrogens is 1040 g/mol. The number of hydrogen-bond donors (Lipinski definition) is 10. The first-order chi connectivity index (χ1) is 31.1. The molecule has 0 bridgehead atoms. The second-order valence-electron chi connectivity index (χ2n) is 17.0. The average molecular weight is 1110 g/mol. The number of aromatic nitrogens is 1. The number of hydroxylamine groups is 2. The van der Waals surface area contributed by atoms with Gasteiger partial charge in [-0.05, 0) is 0 Å². The Balaban J connectivity index is 1.20. The third kappa shape index (κ3) is 12.6. The van der Waals surface area contributed by atoms with Crippen molar-refractivity contribution in [2.75, 3.05) is 43.3 Å². The van der Waals surface area contributed by atoms with Crippen molar-refractivity contribution in [3.8, 4) is 10.1 Å². The van der Waals surface area contributed by atoms with Crippen molar-refractivity contribution in [1.82, 2.24) is 20.8 Å². The molecule has 10 unspecified atom stereocenters. The minimum absolute atomic E-state index is 0.0842. The Hall–Kier alpha value is -1.72. The van der Waals surface area contributed by atoms with Crippen LogP contribution < -0.4 is 20.2 Å². The molecule has 18 nitrogen and oxygen atoms in total. The zero-order valence-corrected chi connectivity index (χ0v) is 42.8. The van der Waals surface area contributed by atoms with Crippen LogP contribution in [0.2, 0.25) is 10.6 Å². The van der Waals surface area contributed by atoms with E-state index in [0.29, 0.717) is 23.5 Å². The van der Waals surface area contributed by atoms with Crippen LogP contribution in [0, 0.1) is 0 Å². The van der Waals surface area contributed by atoms with Crippen molar-refractivity contribution in [3.05, 3.63) is 53.9 Å². The maximum absolute atomic E-state index is 10.8. The van der Waals surface area contributed by atoms with E-state index in [1.54, 1.807) is 0 Å². The molecule has 0 amide bonds. The molecule has 4 aliphatic rings. The first-order valence-corrected chi connectivity index (χ1v) is 27.8. The summed E-state index contributed by atoms with van der Waals surface area (Å²) >= 11 is -0.448. The Kier molecular flexibility index (Phi) is 19.2. The van der Waals surface area contributed by atoms with Crippen molar-refractivity contribution in [2.45, 2.75) is 138 Å². The van der Waals surface area contributed by atoms with Crippen LogP contribution >= 0.6 is 0 Å². The summed E-state index contributed by atoms with van der Waals surface area (Å²) in [5, 5.41) is 86.4. The van der Waals surface area contributed by atoms with Crippen LogP contribution in [0.5, 0.6) is 0 Å². The molecule has 3 heterocycles. The number of aliphatic hydroxyl groups is 8. The van der Waals surface area contributed by atoms with Gasteiger partial charge in [0.15, 0.2) is 0 Å². The Labute approximate surface area is 398 Å². The summed E-state index contributed by atoms with van der Waals surface area (Å²) < 4.78 is 20.5. The van der Waals surface area contributed by atoms with Crippen molar-refractivity contribution in [2.24, 2.45) is 4.01 Å². The third-order valence-electron chi connectivity index (χ3n) is 12.3. The molecule has 362 valence electrons. The van der Waals surface area contributed by atoms with E-state index in [1.165, 1.54) is 0 Å². The second kappa shape index (κ2) is 23.7. The third-order valence-corrected chi connectivity index (χ3v) is 20.0. The zero-order valence-electron chi connectivity index (χ0n) is 37.7. The van der Waals surface area contributed by atoms with Gasteiger partial charge >= 0.3 is 401 Å². The van der Waals surface area contributed by atoms with Gasteiger partial charge in [-0.15, -0.1) is 0 Å². The van der Waals surface area contributed by atoms with Crippen molar-refractivity contribution in [1.29, 1.82) is 0 Å². The number of aliphatic hydroxyl groups excluding tert-OH is 8. The molecule has 0 radical (unpaired) electrons. The Morgan fingerprint density at radius 3 is 1.94 bits per heavy atom. The normalized spacial score (nSPS) is 28.6. The van der Waals surface area contributed by atoms with Gasteiger partial charge in [0.2, 0.25) is 0 Å². The Morgan fingerprint density at radius 1 is 0.769 bits per heavy atom. The van der Waals surface area contributed by atoms with Gasteiger partial charge in [-0.25, -0.2) is 0 Å². The topological polar surface area (TPSA) is 255 Å². The quantitative estimate of drug-likeness (QED) is 0.0209. The van der Waals surface area contributed by atoms with Gasteiger partial charge in [-0.3, -0.25) is 0 Å². The summed E-state index contributed by atoms with van der Waals surface area (Å²) in [5.74, 6) is 0. The first-order valence-electron chi connectivity index (χ1n) is 22.1. The van der Waals surface area contributed by atoms with E-state index in [1.807, 2.05) is 32.9 Å². The summed E-state index contributed by atoms with van der Waals surface area (Å²) in [6.07, 6.45) is -9.60. The molecule has 65 heavy (non-hydrogen) atoms. The fraction of sp³-hybridized carbons (Fsp3) is 0.636. The Morgan fingerprint density at radius 2 is 1.37 bits per heavy atom. The molecule has 1 aliphatic carbocycles. The van der Waals surface area contributed by atoms with E-state index in [9.17, 15) is 40.9 Å². The van der Waals surface area contributed by atoms with E-state index < -0.39 is 85.7 Å². The molecule has 0 aromatic heterocycles. The molecule has 21 heteroatoms. The number of nitrogens with zero attached hydrogens (tertiary/aromatic N) is 4. The van der Waals surface area contributed by atoms with Crippen LogP contribution in [0.25, 0.3) is 30.7 Å². The van der Waals surface area contributed by atoms with Crippen LogP contribution in [0.3, 0.4) is 0 Å². The van der Waals surface area contributed by atoms with E-state index in [0.717, 1.165) is 67.9 Å². The minimum atomic E-state index is -1.50. The summed E-state index contributed by atoms with van der Waals surface area (Å²) in [6, 6.07) is 14.5. The number of rotatable bonds is 22. The van der Waals surface area contributed by atoms with Crippen LogP contribution in [-0.4, -0.2) is 207 Å². The number of fused-ring (bicyclic) bond motifs is 4. The van der Waals surface area contributed by atoms with E-state index in [2.05, 4.69) is 76.9 Å². The van der Waals surface area contributed by atoms with Crippen LogP contribution in [0.15, 0.2) is 52.5 Å². The van der Waals surface area contributed by atoms with E-state index >= 15 is 0 Å². The molecule has 10 N–H and O–H groups in total. The maximum atomic E-state index is 10.8. The molecule has 6 rings (SSSR count). The molecule has 0 spiro atoms. The second-order valence-corrected chi connectivity index (χ2v) is 22.8. The first kappa shape index (κ1) is 52.6. The number of nitrogens with one attached hydrogen (secondary N) is 2. The fourth-order valence-corrected chi connectivity index (χ4v) is 14.0. The summed E-state index contributed by atoms with van der Waals surface area (Å²) in [6.45, 7) is 14.5. The SMILES string of the molecule is CCN(CC)CCC(C)(C[Se]N(CC)c1ccc2nc3c4ccccc4c(=N[Se]CC(C)(CC)ONC4C(O)C(O)C(CO)O[C@@H]4O)cc-3[se]c2c1)ONC1C(O)C(O)C(CO)O[C@@H]1O. The molecule has 2 aromatic rings. The zero-order chi connectivity index (χ0) is 47.1. The Bertz CT molecular complexity index is 2180. The number of hydrogen-bond acceptors (Lipinski definition) is 18. The van der Waals surface area contributed by atoms with Crippen LogP contribution in [-0.2, 0) is 19.1 Å². The van der Waals surface area contributed by atoms with E-state index in [-0.39, 0.29) is 44.9 Å². The monoisotopic (exact) mass is 1110 g/mol. The van der Waals surface area contributed by atoms with Gasteiger partial charge < -0.3 is 0 Å². The van der Waals surface area contributed by atoms with Gasteiger partial charge in [0, 0.05) is 0 Å². The molecule has 2 saturated heterocycles. The molecule has 12 atom stereocenters. The summed E-state index contributed by atoms with van der Waals surface area (Å²) in [4.78, 5) is 19.9. The average Bonchev–Trinajstić information content (AvgIpc) is 3.31. The van der Waals surface area contributed by atoms with Gasteiger partial charge in [0.1, 0.15) is 0 Å². The van der Waals surface area contributed by atoms with Crippen LogP contribution in [0.4, 0.5) is 5.69 Å². The van der Waals surface area contributed by atoms with Crippen LogP contribution in [0.1, 0.15) is 54.4 Å². The molecule has 2 fully saturated rings. The van der Waals surface area contributed by atoms with Gasteiger partial charge in [0.05, 0.1) is 0 Å². The standard InChI is InChI=1S/C44H66N6O12Se3/c1-7-43(5,61-46-35-39(55)37(53)30(21-51)59-41(35)57)23-63-48-29-20-33-34(27-14-12-11-13-26(27)29)45-28-16-15-25(19-32(28)65-33)50(10-4)64-24-44(6,17-18-49(8-2)9-3)62-47-36-40(56)38(54)31(22-52)60-42(36)58/h11-16,19-20,30-31,35-42,46-47,51-58H,7-10,17-18,21-24H2,1-6H3/t30?,31?,35?,36?,37?,38?,39?,40?,41-,42-,43?,44?/m0/s1. The van der Waals surface area contributed by atoms with Crippen molar-refractivity contribution >= 4 is 71.1 Å². The number of benzene rings is 3. The van der Waals surface area contributed by atoms with E-state index in [4.69, 9.17) is 28.1 Å². The molecule has 0 saturated carbocycles. The van der Waals surface area contributed by atoms with Gasteiger partial charge in [-0.1, -0.05) is 0 Å². The van der Waals surface area contributed by atoms with Crippen molar-refractivity contribution < 1.29 is 60.0 Å².